The van der Waals surface area contributed by atoms with E-state index in [2.05, 4.69) is 28.9 Å². The molecular formula is C9H12N2. The zero-order valence-electron chi connectivity index (χ0n) is 6.75. The first-order valence-electron chi connectivity index (χ1n) is 4.10. The van der Waals surface area contributed by atoms with E-state index in [1.54, 1.807) is 0 Å². The van der Waals surface area contributed by atoms with E-state index >= 15 is 0 Å². The van der Waals surface area contributed by atoms with Gasteiger partial charge in [0, 0.05) is 30.7 Å². The molecule has 0 N–H and O–H groups in total. The Morgan fingerprint density at radius 1 is 1.55 bits per heavy atom. The molecule has 1 saturated heterocycles. The third-order valence-electron chi connectivity index (χ3n) is 1.97. The fourth-order valence-corrected chi connectivity index (χ4v) is 1.16. The molecule has 0 saturated carbocycles. The SMILES string of the molecule is CCc1cc(N2CC2)ccn1. The Morgan fingerprint density at radius 2 is 2.36 bits per heavy atom. The minimum absolute atomic E-state index is 1.03. The number of aryl methyl sites for hydroxylation is 1. The fraction of sp³-hybridized carbons (Fsp3) is 0.444. The molecule has 2 rings (SSSR count). The van der Waals surface area contributed by atoms with Crippen LogP contribution in [0.5, 0.6) is 0 Å². The van der Waals surface area contributed by atoms with Gasteiger partial charge in [-0.05, 0) is 18.6 Å². The second kappa shape index (κ2) is 2.53. The predicted molar refractivity (Wildman–Crippen MR) is 45.8 cm³/mol. The number of hydrogen-bond donors (Lipinski definition) is 0. The number of hydrogen-bond acceptors (Lipinski definition) is 2. The molecule has 1 aliphatic heterocycles. The average molecular weight is 148 g/mol. The molecule has 1 aromatic heterocycles. The lowest BCUT2D eigenvalue weighted by atomic mass is 10.3. The number of rotatable bonds is 2. The van der Waals surface area contributed by atoms with Gasteiger partial charge < -0.3 is 4.90 Å². The van der Waals surface area contributed by atoms with Crippen LogP contribution >= 0.6 is 0 Å². The zero-order valence-corrected chi connectivity index (χ0v) is 6.75. The van der Waals surface area contributed by atoms with Crippen molar-refractivity contribution >= 4 is 5.69 Å². The van der Waals surface area contributed by atoms with Crippen molar-refractivity contribution in [3.8, 4) is 0 Å². The van der Waals surface area contributed by atoms with E-state index in [4.69, 9.17) is 0 Å². The first-order chi connectivity index (χ1) is 5.40. The lowest BCUT2D eigenvalue weighted by Gasteiger charge is -2.02. The van der Waals surface area contributed by atoms with E-state index in [0.29, 0.717) is 0 Å². The standard InChI is InChI=1S/C9H12N2/c1-2-8-7-9(3-4-10-8)11-5-6-11/h3-4,7H,2,5-6H2,1H3. The highest BCUT2D eigenvalue weighted by Crippen LogP contribution is 2.20. The lowest BCUT2D eigenvalue weighted by molar-refractivity contribution is 1.03. The molecule has 2 nitrogen and oxygen atoms in total. The highest BCUT2D eigenvalue weighted by atomic mass is 15.3. The van der Waals surface area contributed by atoms with Crippen LogP contribution in [0.2, 0.25) is 0 Å². The molecule has 11 heavy (non-hydrogen) atoms. The van der Waals surface area contributed by atoms with Crippen LogP contribution in [0.15, 0.2) is 18.3 Å². The smallest absolute Gasteiger partial charge is 0.0421 e. The van der Waals surface area contributed by atoms with Gasteiger partial charge >= 0.3 is 0 Å². The van der Waals surface area contributed by atoms with E-state index in [1.807, 2.05) is 6.20 Å². The van der Waals surface area contributed by atoms with Crippen molar-refractivity contribution in [2.24, 2.45) is 0 Å². The van der Waals surface area contributed by atoms with Gasteiger partial charge in [0.15, 0.2) is 0 Å². The minimum atomic E-state index is 1.03. The molecule has 0 bridgehead atoms. The van der Waals surface area contributed by atoms with E-state index in [1.165, 1.54) is 24.5 Å². The Kier molecular flexibility index (Phi) is 1.53. The van der Waals surface area contributed by atoms with Gasteiger partial charge in [-0.2, -0.15) is 0 Å². The van der Waals surface area contributed by atoms with Crippen LogP contribution in [0.4, 0.5) is 5.69 Å². The minimum Gasteiger partial charge on any atom is -0.368 e. The second-order valence-electron chi connectivity index (χ2n) is 2.85. The van der Waals surface area contributed by atoms with Crippen molar-refractivity contribution in [1.29, 1.82) is 0 Å². The second-order valence-corrected chi connectivity index (χ2v) is 2.85. The van der Waals surface area contributed by atoms with Gasteiger partial charge in [0.05, 0.1) is 0 Å². The van der Waals surface area contributed by atoms with Gasteiger partial charge in [0.2, 0.25) is 0 Å². The maximum Gasteiger partial charge on any atom is 0.0421 e. The third-order valence-corrected chi connectivity index (χ3v) is 1.97. The first kappa shape index (κ1) is 6.65. The summed E-state index contributed by atoms with van der Waals surface area (Å²) in [5.74, 6) is 0. The molecule has 58 valence electrons. The van der Waals surface area contributed by atoms with Crippen molar-refractivity contribution in [3.63, 3.8) is 0 Å². The molecule has 2 heterocycles. The number of pyridine rings is 1. The normalized spacial score (nSPS) is 15.2. The Labute approximate surface area is 66.9 Å². The molecule has 1 fully saturated rings. The Bertz CT molecular complexity index is 253. The van der Waals surface area contributed by atoms with Gasteiger partial charge in [0.25, 0.3) is 0 Å². The number of anilines is 1. The highest BCUT2D eigenvalue weighted by Gasteiger charge is 2.17. The molecule has 0 spiro atoms. The molecule has 1 aromatic rings. The van der Waals surface area contributed by atoms with Crippen molar-refractivity contribution in [3.05, 3.63) is 24.0 Å². The van der Waals surface area contributed by atoms with Gasteiger partial charge in [-0.15, -0.1) is 0 Å². The topological polar surface area (TPSA) is 15.9 Å². The van der Waals surface area contributed by atoms with Gasteiger partial charge in [0.1, 0.15) is 0 Å². The quantitative estimate of drug-likeness (QED) is 0.590. The summed E-state index contributed by atoms with van der Waals surface area (Å²) in [6, 6.07) is 4.25. The van der Waals surface area contributed by atoms with Crippen LogP contribution in [-0.4, -0.2) is 18.1 Å². The van der Waals surface area contributed by atoms with E-state index in [9.17, 15) is 0 Å². The maximum absolute atomic E-state index is 4.24. The summed E-state index contributed by atoms with van der Waals surface area (Å²) in [5, 5.41) is 0. The van der Waals surface area contributed by atoms with E-state index in [0.717, 1.165) is 6.42 Å². The molecule has 0 aromatic carbocycles. The van der Waals surface area contributed by atoms with Crippen LogP contribution in [0.1, 0.15) is 12.6 Å². The van der Waals surface area contributed by atoms with Crippen LogP contribution in [0.25, 0.3) is 0 Å². The lowest BCUT2D eigenvalue weighted by Crippen LogP contribution is -1.93. The van der Waals surface area contributed by atoms with Crippen molar-refractivity contribution in [2.45, 2.75) is 13.3 Å². The summed E-state index contributed by atoms with van der Waals surface area (Å²) in [4.78, 5) is 6.58. The van der Waals surface area contributed by atoms with Crippen molar-refractivity contribution in [2.75, 3.05) is 18.0 Å². The molecule has 2 heteroatoms. The highest BCUT2D eigenvalue weighted by molar-refractivity contribution is 5.51. The van der Waals surface area contributed by atoms with E-state index in [-0.39, 0.29) is 0 Å². The largest absolute Gasteiger partial charge is 0.368 e. The molecular weight excluding hydrogens is 136 g/mol. The predicted octanol–water partition coefficient (Wildman–Crippen LogP) is 1.46. The van der Waals surface area contributed by atoms with Crippen molar-refractivity contribution in [1.82, 2.24) is 4.98 Å². The summed E-state index contributed by atoms with van der Waals surface area (Å²) in [6.45, 7) is 4.56. The molecule has 0 aliphatic carbocycles. The Morgan fingerprint density at radius 3 is 3.00 bits per heavy atom. The van der Waals surface area contributed by atoms with Crippen LogP contribution in [0, 0.1) is 0 Å². The zero-order chi connectivity index (χ0) is 7.68. The Hall–Kier alpha value is -1.05. The van der Waals surface area contributed by atoms with Gasteiger partial charge in [-0.25, -0.2) is 0 Å². The molecule has 0 unspecified atom stereocenters. The summed E-state index contributed by atoms with van der Waals surface area (Å²) in [7, 11) is 0. The van der Waals surface area contributed by atoms with Crippen LogP contribution in [0.3, 0.4) is 0 Å². The summed E-state index contributed by atoms with van der Waals surface area (Å²) in [5.41, 5.74) is 2.52. The molecule has 1 aliphatic rings. The van der Waals surface area contributed by atoms with Crippen LogP contribution < -0.4 is 4.90 Å². The van der Waals surface area contributed by atoms with Crippen molar-refractivity contribution < 1.29 is 0 Å². The number of nitrogens with zero attached hydrogens (tertiary/aromatic N) is 2. The summed E-state index contributed by atoms with van der Waals surface area (Å²) in [6.07, 6.45) is 2.92. The molecule has 0 amide bonds. The number of aromatic nitrogens is 1. The fourth-order valence-electron chi connectivity index (χ4n) is 1.16. The monoisotopic (exact) mass is 148 g/mol. The third kappa shape index (κ3) is 1.34. The summed E-state index contributed by atoms with van der Waals surface area (Å²) >= 11 is 0. The average Bonchev–Trinajstić information content (AvgIpc) is 2.87. The first-order valence-corrected chi connectivity index (χ1v) is 4.10. The van der Waals surface area contributed by atoms with Gasteiger partial charge in [-0.1, -0.05) is 6.92 Å². The van der Waals surface area contributed by atoms with E-state index < -0.39 is 0 Å². The molecule has 0 atom stereocenters. The Balaban J connectivity index is 2.26. The van der Waals surface area contributed by atoms with Gasteiger partial charge in [-0.3, -0.25) is 4.98 Å². The maximum atomic E-state index is 4.24. The van der Waals surface area contributed by atoms with Crippen LogP contribution in [-0.2, 0) is 6.42 Å². The molecule has 0 radical (unpaired) electrons. The summed E-state index contributed by atoms with van der Waals surface area (Å²) < 4.78 is 0.